The zero-order chi connectivity index (χ0) is 22.6. The summed E-state index contributed by atoms with van der Waals surface area (Å²) in [6.45, 7) is 6.09. The molecule has 0 amide bonds. The number of hydrogen-bond acceptors (Lipinski definition) is 5. The monoisotopic (exact) mass is 432 g/mol. The lowest BCUT2D eigenvalue weighted by atomic mass is 9.44. The number of ketones is 1. The minimum atomic E-state index is -0.856. The van der Waals surface area contributed by atoms with Gasteiger partial charge in [-0.1, -0.05) is 19.4 Å². The molecular weight excluding hydrogens is 396 g/mol. The van der Waals surface area contributed by atoms with E-state index in [2.05, 4.69) is 13.8 Å². The molecule has 172 valence electrons. The summed E-state index contributed by atoms with van der Waals surface area (Å²) in [5.74, 6) is -1.04. The van der Waals surface area contributed by atoms with Gasteiger partial charge in [0.25, 0.3) is 0 Å². The van der Waals surface area contributed by atoms with E-state index in [9.17, 15) is 24.6 Å². The van der Waals surface area contributed by atoms with Crippen LogP contribution < -0.4 is 0 Å². The molecule has 0 aromatic rings. The molecule has 0 heterocycles. The molecule has 4 rings (SSSR count). The third kappa shape index (κ3) is 3.46. The topological polar surface area (TPSA) is 101 Å². The highest BCUT2D eigenvalue weighted by atomic mass is 16.5. The number of carbonyl (C=O) groups excluding carboxylic acids is 2. The average Bonchev–Trinajstić information content (AvgIpc) is 2.96. The molecule has 0 saturated heterocycles. The molecule has 4 aliphatic rings. The number of aliphatic carboxylic acids is 1. The standard InChI is InChI=1S/C25H36O6/c1-15(26)31-12-4-8-25(30)11-7-20-21-18(22(28)29)14-16-13-17(27)5-9-23(16,2)19(21)6-10-24(20,25)3/h13,18-21,30H,4-12,14H2,1-3H3,(H,28,29)/t18?,19-,20+,21-,23+,24+,25?/m1/s1. The SMILES string of the molecule is CC(=O)OCCCC1(O)CC[C@H]2[C@@H]3C(C(=O)O)CC4=CC(=O)CC[C@]4(C)[C@@H]3CC[C@@]21C. The number of ether oxygens (including phenoxy) is 1. The number of allylic oxidation sites excluding steroid dienone is 1. The molecular formula is C25H36O6. The maximum atomic E-state index is 12.4. The van der Waals surface area contributed by atoms with Gasteiger partial charge in [0.2, 0.25) is 0 Å². The van der Waals surface area contributed by atoms with E-state index in [1.165, 1.54) is 6.92 Å². The molecule has 7 atom stereocenters. The Morgan fingerprint density at radius 3 is 2.55 bits per heavy atom. The number of fused-ring (bicyclic) bond motifs is 5. The van der Waals surface area contributed by atoms with Crippen molar-refractivity contribution in [3.05, 3.63) is 11.6 Å². The van der Waals surface area contributed by atoms with Crippen molar-refractivity contribution in [3.63, 3.8) is 0 Å². The quantitative estimate of drug-likeness (QED) is 0.505. The summed E-state index contributed by atoms with van der Waals surface area (Å²) in [7, 11) is 0. The summed E-state index contributed by atoms with van der Waals surface area (Å²) in [6.07, 6.45) is 7.98. The third-order valence-electron chi connectivity index (χ3n) is 9.69. The van der Waals surface area contributed by atoms with Gasteiger partial charge in [0, 0.05) is 13.3 Å². The Morgan fingerprint density at radius 1 is 1.16 bits per heavy atom. The number of carboxylic acid groups (broad SMARTS) is 1. The van der Waals surface area contributed by atoms with E-state index in [4.69, 9.17) is 4.74 Å². The van der Waals surface area contributed by atoms with Crippen LogP contribution in [0.3, 0.4) is 0 Å². The second-order valence-electron chi connectivity index (χ2n) is 11.0. The lowest BCUT2D eigenvalue weighted by molar-refractivity contribution is -0.166. The van der Waals surface area contributed by atoms with Crippen molar-refractivity contribution in [2.24, 2.45) is 34.5 Å². The van der Waals surface area contributed by atoms with Crippen LogP contribution >= 0.6 is 0 Å². The van der Waals surface area contributed by atoms with Gasteiger partial charge in [0.1, 0.15) is 0 Å². The third-order valence-corrected chi connectivity index (χ3v) is 9.69. The molecule has 3 fully saturated rings. The van der Waals surface area contributed by atoms with Gasteiger partial charge in [-0.3, -0.25) is 14.4 Å². The lowest BCUT2D eigenvalue weighted by Crippen LogP contribution is -2.58. The minimum Gasteiger partial charge on any atom is -0.481 e. The van der Waals surface area contributed by atoms with Crippen LogP contribution in [0.1, 0.15) is 78.6 Å². The fraction of sp³-hybridized carbons (Fsp3) is 0.800. The van der Waals surface area contributed by atoms with Crippen LogP contribution in [0.15, 0.2) is 11.6 Å². The van der Waals surface area contributed by atoms with E-state index in [1.54, 1.807) is 6.08 Å². The zero-order valence-corrected chi connectivity index (χ0v) is 19.0. The Labute approximate surface area is 184 Å². The van der Waals surface area contributed by atoms with Crippen molar-refractivity contribution in [2.45, 2.75) is 84.2 Å². The summed E-state index contributed by atoms with van der Waals surface area (Å²) in [4.78, 5) is 35.5. The zero-order valence-electron chi connectivity index (χ0n) is 19.0. The fourth-order valence-corrected chi connectivity index (χ4v) is 7.92. The molecule has 0 aromatic carbocycles. The normalized spacial score (nSPS) is 44.0. The highest BCUT2D eigenvalue weighted by Gasteiger charge is 2.66. The van der Waals surface area contributed by atoms with Crippen LogP contribution in [0.2, 0.25) is 0 Å². The van der Waals surface area contributed by atoms with Gasteiger partial charge in [-0.05, 0) is 86.0 Å². The van der Waals surface area contributed by atoms with Crippen molar-refractivity contribution in [1.82, 2.24) is 0 Å². The Morgan fingerprint density at radius 2 is 1.87 bits per heavy atom. The van der Waals surface area contributed by atoms with Gasteiger partial charge >= 0.3 is 11.9 Å². The van der Waals surface area contributed by atoms with Gasteiger partial charge in [-0.15, -0.1) is 0 Å². The molecule has 3 saturated carbocycles. The van der Waals surface area contributed by atoms with Crippen molar-refractivity contribution in [3.8, 4) is 0 Å². The number of esters is 1. The fourth-order valence-electron chi connectivity index (χ4n) is 7.92. The maximum absolute atomic E-state index is 12.4. The molecule has 2 unspecified atom stereocenters. The molecule has 0 spiro atoms. The summed E-state index contributed by atoms with van der Waals surface area (Å²) in [6, 6.07) is 0. The Balaban J connectivity index is 1.62. The van der Waals surface area contributed by atoms with Crippen molar-refractivity contribution < 1.29 is 29.3 Å². The van der Waals surface area contributed by atoms with Crippen LogP contribution in [0.5, 0.6) is 0 Å². The predicted molar refractivity (Wildman–Crippen MR) is 114 cm³/mol. The Bertz CT molecular complexity index is 817. The van der Waals surface area contributed by atoms with Crippen LogP contribution in [-0.4, -0.2) is 40.1 Å². The van der Waals surface area contributed by atoms with E-state index >= 15 is 0 Å². The van der Waals surface area contributed by atoms with E-state index < -0.39 is 17.5 Å². The molecule has 0 aromatic heterocycles. The first-order chi connectivity index (χ1) is 14.5. The van der Waals surface area contributed by atoms with E-state index in [0.29, 0.717) is 38.7 Å². The summed E-state index contributed by atoms with van der Waals surface area (Å²) < 4.78 is 5.07. The first-order valence-electron chi connectivity index (χ1n) is 11.8. The Kier molecular flexibility index (Phi) is 5.60. The van der Waals surface area contributed by atoms with E-state index in [0.717, 1.165) is 31.3 Å². The second kappa shape index (κ2) is 7.72. The highest BCUT2D eigenvalue weighted by Crippen LogP contribution is 2.69. The molecule has 0 radical (unpaired) electrons. The minimum absolute atomic E-state index is 0.0223. The molecule has 4 aliphatic carbocycles. The molecule has 0 aliphatic heterocycles. The average molecular weight is 433 g/mol. The van der Waals surface area contributed by atoms with Crippen LogP contribution in [0, 0.1) is 34.5 Å². The van der Waals surface area contributed by atoms with Crippen molar-refractivity contribution in [2.75, 3.05) is 6.61 Å². The maximum Gasteiger partial charge on any atom is 0.307 e. The van der Waals surface area contributed by atoms with Crippen molar-refractivity contribution >= 4 is 17.7 Å². The van der Waals surface area contributed by atoms with Gasteiger partial charge in [0.15, 0.2) is 5.78 Å². The lowest BCUT2D eigenvalue weighted by Gasteiger charge is -2.60. The van der Waals surface area contributed by atoms with Crippen LogP contribution in [0.4, 0.5) is 0 Å². The number of hydrogen-bond donors (Lipinski definition) is 2. The van der Waals surface area contributed by atoms with Crippen LogP contribution in [-0.2, 0) is 19.1 Å². The summed E-state index contributed by atoms with van der Waals surface area (Å²) >= 11 is 0. The van der Waals surface area contributed by atoms with Crippen molar-refractivity contribution in [1.29, 1.82) is 0 Å². The highest BCUT2D eigenvalue weighted by molar-refractivity contribution is 5.92. The molecule has 6 heteroatoms. The molecule has 6 nitrogen and oxygen atoms in total. The largest absolute Gasteiger partial charge is 0.481 e. The number of carboxylic acids is 1. The number of aliphatic hydroxyl groups is 1. The van der Waals surface area contributed by atoms with E-state index in [-0.39, 0.29) is 40.3 Å². The summed E-state index contributed by atoms with van der Waals surface area (Å²) in [5.41, 5.74) is -0.261. The first-order valence-corrected chi connectivity index (χ1v) is 11.8. The predicted octanol–water partition coefficient (Wildman–Crippen LogP) is 3.90. The first kappa shape index (κ1) is 22.5. The number of rotatable bonds is 5. The van der Waals surface area contributed by atoms with E-state index in [1.807, 2.05) is 0 Å². The second-order valence-corrected chi connectivity index (χ2v) is 11.0. The molecule has 31 heavy (non-hydrogen) atoms. The summed E-state index contributed by atoms with van der Waals surface area (Å²) in [5, 5.41) is 21.9. The van der Waals surface area contributed by atoms with Crippen LogP contribution in [0.25, 0.3) is 0 Å². The van der Waals surface area contributed by atoms with Gasteiger partial charge < -0.3 is 14.9 Å². The van der Waals surface area contributed by atoms with Gasteiger partial charge in [-0.25, -0.2) is 0 Å². The number of carbonyl (C=O) groups is 3. The Hall–Kier alpha value is -1.69. The molecule has 0 bridgehead atoms. The van der Waals surface area contributed by atoms with Gasteiger partial charge in [-0.2, -0.15) is 0 Å². The molecule has 2 N–H and O–H groups in total. The van der Waals surface area contributed by atoms with Gasteiger partial charge in [0.05, 0.1) is 18.1 Å². The smallest absolute Gasteiger partial charge is 0.307 e.